The third kappa shape index (κ3) is 0.565. The van der Waals surface area contributed by atoms with Gasteiger partial charge in [0.1, 0.15) is 0 Å². The summed E-state index contributed by atoms with van der Waals surface area (Å²) in [5, 5.41) is 6.72. The van der Waals surface area contributed by atoms with Crippen LogP contribution in [0.5, 0.6) is 0 Å². The number of nitrogens with one attached hydrogen (secondary N) is 2. The van der Waals surface area contributed by atoms with Crippen molar-refractivity contribution in [2.24, 2.45) is 11.3 Å². The minimum absolute atomic E-state index is 0.608. The van der Waals surface area contributed by atoms with E-state index >= 15 is 0 Å². The summed E-state index contributed by atoms with van der Waals surface area (Å²) in [7, 11) is 2.05. The van der Waals surface area contributed by atoms with Crippen LogP contribution < -0.4 is 10.6 Å². The van der Waals surface area contributed by atoms with E-state index in [9.17, 15) is 0 Å². The van der Waals surface area contributed by atoms with Crippen molar-refractivity contribution in [3.8, 4) is 0 Å². The van der Waals surface area contributed by atoms with E-state index in [0.717, 1.165) is 5.92 Å². The standard InChI is InChI=1S/C8H16N2/c1-6-3-4-8(6)5-10-7(8)9-2/h6-7,9-10H,3-5H2,1-2H3. The van der Waals surface area contributed by atoms with Crippen LogP contribution in [0.3, 0.4) is 0 Å². The molecule has 0 radical (unpaired) electrons. The average Bonchev–Trinajstić information content (AvgIpc) is 1.84. The summed E-state index contributed by atoms with van der Waals surface area (Å²) in [5.74, 6) is 0.936. The van der Waals surface area contributed by atoms with Crippen LogP contribution in [-0.4, -0.2) is 19.8 Å². The van der Waals surface area contributed by atoms with Crippen molar-refractivity contribution in [2.75, 3.05) is 13.6 Å². The zero-order chi connectivity index (χ0) is 7.19. The molecule has 1 spiro atoms. The van der Waals surface area contributed by atoms with Gasteiger partial charge in [-0.05, 0) is 25.8 Å². The van der Waals surface area contributed by atoms with Crippen molar-refractivity contribution in [2.45, 2.75) is 25.9 Å². The molecule has 3 atom stereocenters. The molecule has 0 aromatic heterocycles. The fourth-order valence-corrected chi connectivity index (χ4v) is 2.35. The highest BCUT2D eigenvalue weighted by Crippen LogP contribution is 2.51. The highest BCUT2D eigenvalue weighted by molar-refractivity contribution is 5.08. The first-order valence-electron chi connectivity index (χ1n) is 4.20. The molecular formula is C8H16N2. The van der Waals surface area contributed by atoms with Crippen LogP contribution in [0, 0.1) is 11.3 Å². The van der Waals surface area contributed by atoms with Crippen molar-refractivity contribution in [1.82, 2.24) is 10.6 Å². The Morgan fingerprint density at radius 1 is 1.60 bits per heavy atom. The van der Waals surface area contributed by atoms with E-state index in [4.69, 9.17) is 0 Å². The summed E-state index contributed by atoms with van der Waals surface area (Å²) in [5.41, 5.74) is 0.648. The monoisotopic (exact) mass is 140 g/mol. The largest absolute Gasteiger partial charge is 0.304 e. The summed E-state index contributed by atoms with van der Waals surface area (Å²) in [6.45, 7) is 3.61. The molecule has 2 aliphatic rings. The SMILES string of the molecule is CNC1NCC12CCC2C. The first-order valence-corrected chi connectivity index (χ1v) is 4.20. The lowest BCUT2D eigenvalue weighted by molar-refractivity contribution is -0.0751. The molecule has 2 fully saturated rings. The van der Waals surface area contributed by atoms with Gasteiger partial charge in [0, 0.05) is 12.0 Å². The van der Waals surface area contributed by atoms with Gasteiger partial charge in [-0.3, -0.25) is 0 Å². The van der Waals surface area contributed by atoms with Gasteiger partial charge >= 0.3 is 0 Å². The second-order valence-electron chi connectivity index (χ2n) is 3.78. The highest BCUT2D eigenvalue weighted by atomic mass is 15.2. The summed E-state index contributed by atoms with van der Waals surface area (Å²) < 4.78 is 0. The maximum absolute atomic E-state index is 3.41. The van der Waals surface area contributed by atoms with E-state index in [1.807, 2.05) is 7.05 Å². The number of hydrogen-bond donors (Lipinski definition) is 2. The van der Waals surface area contributed by atoms with E-state index in [1.165, 1.54) is 19.4 Å². The lowest BCUT2D eigenvalue weighted by Crippen LogP contribution is -2.73. The lowest BCUT2D eigenvalue weighted by Gasteiger charge is -2.60. The van der Waals surface area contributed by atoms with Crippen molar-refractivity contribution in [1.29, 1.82) is 0 Å². The van der Waals surface area contributed by atoms with Gasteiger partial charge in [-0.2, -0.15) is 0 Å². The predicted octanol–water partition coefficient (Wildman–Crippen LogP) is 0.551. The Hall–Kier alpha value is -0.0800. The van der Waals surface area contributed by atoms with Gasteiger partial charge < -0.3 is 10.6 Å². The Morgan fingerprint density at radius 2 is 2.40 bits per heavy atom. The Kier molecular flexibility index (Phi) is 1.29. The van der Waals surface area contributed by atoms with Crippen LogP contribution in [-0.2, 0) is 0 Å². The fourth-order valence-electron chi connectivity index (χ4n) is 2.35. The van der Waals surface area contributed by atoms with E-state index in [-0.39, 0.29) is 0 Å². The van der Waals surface area contributed by atoms with E-state index < -0.39 is 0 Å². The average molecular weight is 140 g/mol. The second kappa shape index (κ2) is 1.95. The predicted molar refractivity (Wildman–Crippen MR) is 41.7 cm³/mol. The van der Waals surface area contributed by atoms with Crippen LogP contribution in [0.25, 0.3) is 0 Å². The van der Waals surface area contributed by atoms with Crippen molar-refractivity contribution in [3.05, 3.63) is 0 Å². The molecule has 0 aromatic carbocycles. The van der Waals surface area contributed by atoms with E-state index in [2.05, 4.69) is 17.6 Å². The minimum atomic E-state index is 0.608. The zero-order valence-corrected chi connectivity index (χ0v) is 6.78. The van der Waals surface area contributed by atoms with Gasteiger partial charge in [-0.25, -0.2) is 0 Å². The van der Waals surface area contributed by atoms with Crippen LogP contribution in [0.4, 0.5) is 0 Å². The van der Waals surface area contributed by atoms with E-state index in [1.54, 1.807) is 0 Å². The van der Waals surface area contributed by atoms with Crippen molar-refractivity contribution < 1.29 is 0 Å². The van der Waals surface area contributed by atoms with Gasteiger partial charge in [0.05, 0.1) is 6.17 Å². The lowest BCUT2D eigenvalue weighted by atomic mass is 9.55. The first kappa shape index (κ1) is 6.62. The maximum Gasteiger partial charge on any atom is 0.0642 e. The van der Waals surface area contributed by atoms with Crippen molar-refractivity contribution >= 4 is 0 Å². The molecule has 0 bridgehead atoms. The molecule has 0 aromatic rings. The molecule has 2 nitrogen and oxygen atoms in total. The third-order valence-corrected chi connectivity index (χ3v) is 3.52. The van der Waals surface area contributed by atoms with Gasteiger partial charge in [-0.15, -0.1) is 0 Å². The number of hydrogen-bond acceptors (Lipinski definition) is 2. The zero-order valence-electron chi connectivity index (χ0n) is 6.78. The van der Waals surface area contributed by atoms with Gasteiger partial charge in [0.25, 0.3) is 0 Å². The Morgan fingerprint density at radius 3 is 2.50 bits per heavy atom. The maximum atomic E-state index is 3.41. The highest BCUT2D eigenvalue weighted by Gasteiger charge is 2.54. The Labute approximate surface area is 62.4 Å². The van der Waals surface area contributed by atoms with Crippen LogP contribution in [0.2, 0.25) is 0 Å². The fraction of sp³-hybridized carbons (Fsp3) is 1.00. The summed E-state index contributed by atoms with van der Waals surface area (Å²) in [6.07, 6.45) is 3.46. The molecule has 1 aliphatic carbocycles. The molecule has 1 heterocycles. The Balaban J connectivity index is 2.03. The molecule has 0 amide bonds. The first-order chi connectivity index (χ1) is 4.79. The molecule has 3 unspecified atom stereocenters. The molecule has 1 saturated heterocycles. The molecule has 2 rings (SSSR count). The van der Waals surface area contributed by atoms with Gasteiger partial charge in [-0.1, -0.05) is 6.92 Å². The normalized spacial score (nSPS) is 52.2. The van der Waals surface area contributed by atoms with E-state index in [0.29, 0.717) is 11.6 Å². The van der Waals surface area contributed by atoms with Gasteiger partial charge in [0.2, 0.25) is 0 Å². The number of rotatable bonds is 1. The summed E-state index contributed by atoms with van der Waals surface area (Å²) >= 11 is 0. The minimum Gasteiger partial charge on any atom is -0.304 e. The molecule has 10 heavy (non-hydrogen) atoms. The van der Waals surface area contributed by atoms with Crippen molar-refractivity contribution in [3.63, 3.8) is 0 Å². The quantitative estimate of drug-likeness (QED) is 0.556. The molecule has 1 saturated carbocycles. The molecule has 1 aliphatic heterocycles. The van der Waals surface area contributed by atoms with Gasteiger partial charge in [0.15, 0.2) is 0 Å². The smallest absolute Gasteiger partial charge is 0.0642 e. The second-order valence-corrected chi connectivity index (χ2v) is 3.78. The third-order valence-electron chi connectivity index (χ3n) is 3.52. The topological polar surface area (TPSA) is 24.1 Å². The summed E-state index contributed by atoms with van der Waals surface area (Å²) in [6, 6.07) is 0. The molecule has 2 heteroatoms. The van der Waals surface area contributed by atoms with Crippen LogP contribution in [0.15, 0.2) is 0 Å². The Bertz CT molecular complexity index is 140. The summed E-state index contributed by atoms with van der Waals surface area (Å²) in [4.78, 5) is 0. The van der Waals surface area contributed by atoms with Crippen LogP contribution in [0.1, 0.15) is 19.8 Å². The molecule has 2 N–H and O–H groups in total. The molecular weight excluding hydrogens is 124 g/mol. The molecule has 58 valence electrons. The van der Waals surface area contributed by atoms with Crippen LogP contribution >= 0.6 is 0 Å².